The largest absolute Gasteiger partial charge is 0.493 e. The molecule has 0 spiro atoms. The van der Waals surface area contributed by atoms with Crippen molar-refractivity contribution in [2.45, 2.75) is 12.8 Å². The predicted molar refractivity (Wildman–Crippen MR) is 79.8 cm³/mol. The van der Waals surface area contributed by atoms with Crippen molar-refractivity contribution in [1.29, 1.82) is 5.26 Å². The first-order chi connectivity index (χ1) is 10.3. The van der Waals surface area contributed by atoms with Gasteiger partial charge in [-0.15, -0.1) is 0 Å². The van der Waals surface area contributed by atoms with Crippen molar-refractivity contribution in [3.8, 4) is 23.3 Å². The van der Waals surface area contributed by atoms with Gasteiger partial charge >= 0.3 is 0 Å². The van der Waals surface area contributed by atoms with E-state index in [4.69, 9.17) is 19.5 Å². The molecule has 1 saturated heterocycles. The van der Waals surface area contributed by atoms with Crippen molar-refractivity contribution >= 4 is 0 Å². The van der Waals surface area contributed by atoms with Crippen molar-refractivity contribution in [3.63, 3.8) is 0 Å². The van der Waals surface area contributed by atoms with E-state index in [0.717, 1.165) is 32.5 Å². The highest BCUT2D eigenvalue weighted by atomic mass is 16.5. The Kier molecular flexibility index (Phi) is 5.70. The Balaban J connectivity index is 1.85. The standard InChI is InChI=1S/C16H22N2O3/c1-19-14-4-3-5-15(20-2)16(14)21-11-10-18-8-6-13(12-17)7-9-18/h3-5,13H,6-11H2,1-2H3. The minimum atomic E-state index is 0.219. The third-order valence-corrected chi connectivity index (χ3v) is 3.81. The van der Waals surface area contributed by atoms with E-state index in [1.807, 2.05) is 18.2 Å². The lowest BCUT2D eigenvalue weighted by molar-refractivity contribution is 0.164. The molecule has 114 valence electrons. The SMILES string of the molecule is COc1cccc(OC)c1OCCN1CCC(C#N)CC1. The molecule has 0 saturated carbocycles. The smallest absolute Gasteiger partial charge is 0.203 e. The van der Waals surface area contributed by atoms with Gasteiger partial charge < -0.3 is 14.2 Å². The molecule has 0 N–H and O–H groups in total. The summed E-state index contributed by atoms with van der Waals surface area (Å²) in [4.78, 5) is 2.33. The van der Waals surface area contributed by atoms with Crippen molar-refractivity contribution in [2.75, 3.05) is 40.5 Å². The molecular weight excluding hydrogens is 268 g/mol. The second kappa shape index (κ2) is 7.75. The number of nitriles is 1. The van der Waals surface area contributed by atoms with E-state index >= 15 is 0 Å². The van der Waals surface area contributed by atoms with Gasteiger partial charge in [-0.2, -0.15) is 5.26 Å². The second-order valence-corrected chi connectivity index (χ2v) is 5.09. The first-order valence-electron chi connectivity index (χ1n) is 7.24. The molecule has 0 bridgehead atoms. The van der Waals surface area contributed by atoms with Crippen LogP contribution >= 0.6 is 0 Å². The second-order valence-electron chi connectivity index (χ2n) is 5.09. The van der Waals surface area contributed by atoms with Gasteiger partial charge in [-0.1, -0.05) is 6.07 Å². The molecule has 2 rings (SSSR count). The first-order valence-corrected chi connectivity index (χ1v) is 7.24. The summed E-state index contributed by atoms with van der Waals surface area (Å²) in [5.41, 5.74) is 0. The summed E-state index contributed by atoms with van der Waals surface area (Å²) in [5, 5.41) is 8.90. The number of likely N-dealkylation sites (tertiary alicyclic amines) is 1. The molecule has 1 aliphatic heterocycles. The van der Waals surface area contributed by atoms with E-state index in [-0.39, 0.29) is 5.92 Å². The summed E-state index contributed by atoms with van der Waals surface area (Å²) in [6.07, 6.45) is 1.91. The minimum absolute atomic E-state index is 0.219. The van der Waals surface area contributed by atoms with Gasteiger partial charge in [-0.25, -0.2) is 0 Å². The summed E-state index contributed by atoms with van der Waals surface area (Å²) < 4.78 is 16.5. The van der Waals surface area contributed by atoms with Crippen LogP contribution in [0, 0.1) is 17.2 Å². The number of benzene rings is 1. The van der Waals surface area contributed by atoms with Crippen LogP contribution in [0.3, 0.4) is 0 Å². The van der Waals surface area contributed by atoms with Gasteiger partial charge in [0.05, 0.1) is 20.3 Å². The van der Waals surface area contributed by atoms with Gasteiger partial charge in [-0.3, -0.25) is 4.90 Å². The van der Waals surface area contributed by atoms with E-state index in [9.17, 15) is 0 Å². The van der Waals surface area contributed by atoms with Gasteiger partial charge in [0.25, 0.3) is 0 Å². The molecule has 1 fully saturated rings. The molecule has 1 aromatic carbocycles. The maximum Gasteiger partial charge on any atom is 0.203 e. The Morgan fingerprint density at radius 3 is 2.33 bits per heavy atom. The van der Waals surface area contributed by atoms with E-state index in [2.05, 4.69) is 11.0 Å². The third-order valence-electron chi connectivity index (χ3n) is 3.81. The van der Waals surface area contributed by atoms with Crippen molar-refractivity contribution in [2.24, 2.45) is 5.92 Å². The number of hydrogen-bond donors (Lipinski definition) is 0. The lowest BCUT2D eigenvalue weighted by atomic mass is 9.99. The van der Waals surface area contributed by atoms with Crippen LogP contribution in [0.15, 0.2) is 18.2 Å². The molecule has 5 nitrogen and oxygen atoms in total. The number of hydrogen-bond acceptors (Lipinski definition) is 5. The maximum absolute atomic E-state index is 8.90. The van der Waals surface area contributed by atoms with E-state index < -0.39 is 0 Å². The number of piperidine rings is 1. The number of nitrogens with zero attached hydrogens (tertiary/aromatic N) is 2. The zero-order valence-electron chi connectivity index (χ0n) is 12.7. The molecular formula is C16H22N2O3. The molecule has 0 radical (unpaired) electrons. The first kappa shape index (κ1) is 15.5. The minimum Gasteiger partial charge on any atom is -0.493 e. The Morgan fingerprint density at radius 1 is 1.19 bits per heavy atom. The predicted octanol–water partition coefficient (Wildman–Crippen LogP) is 2.32. The molecule has 0 atom stereocenters. The van der Waals surface area contributed by atoms with Gasteiger partial charge in [0.2, 0.25) is 5.75 Å². The molecule has 0 unspecified atom stereocenters. The summed E-state index contributed by atoms with van der Waals surface area (Å²) in [5.74, 6) is 2.22. The number of rotatable bonds is 6. The summed E-state index contributed by atoms with van der Waals surface area (Å²) >= 11 is 0. The lowest BCUT2D eigenvalue weighted by Gasteiger charge is -2.28. The van der Waals surface area contributed by atoms with Crippen molar-refractivity contribution in [1.82, 2.24) is 4.90 Å². The normalized spacial score (nSPS) is 16.2. The highest BCUT2D eigenvalue weighted by molar-refractivity contribution is 5.51. The van der Waals surface area contributed by atoms with Gasteiger partial charge in [-0.05, 0) is 38.1 Å². The average Bonchev–Trinajstić information content (AvgIpc) is 2.55. The Morgan fingerprint density at radius 2 is 1.81 bits per heavy atom. The molecule has 0 aromatic heterocycles. The van der Waals surface area contributed by atoms with E-state index in [1.165, 1.54) is 0 Å². The fourth-order valence-electron chi connectivity index (χ4n) is 2.52. The maximum atomic E-state index is 8.90. The average molecular weight is 290 g/mol. The van der Waals surface area contributed by atoms with Crippen LogP contribution in [-0.4, -0.2) is 45.4 Å². The van der Waals surface area contributed by atoms with Crippen LogP contribution in [0.25, 0.3) is 0 Å². The summed E-state index contributed by atoms with van der Waals surface area (Å²) in [6, 6.07) is 7.93. The van der Waals surface area contributed by atoms with Crippen molar-refractivity contribution < 1.29 is 14.2 Å². The van der Waals surface area contributed by atoms with Gasteiger partial charge in [0.1, 0.15) is 6.61 Å². The van der Waals surface area contributed by atoms with Crippen LogP contribution in [0.4, 0.5) is 0 Å². The van der Waals surface area contributed by atoms with Crippen LogP contribution in [0.2, 0.25) is 0 Å². The topological polar surface area (TPSA) is 54.7 Å². The third kappa shape index (κ3) is 4.02. The Hall–Kier alpha value is -1.93. The van der Waals surface area contributed by atoms with Crippen molar-refractivity contribution in [3.05, 3.63) is 18.2 Å². The Bertz CT molecular complexity index is 469. The fourth-order valence-corrected chi connectivity index (χ4v) is 2.52. The summed E-state index contributed by atoms with van der Waals surface area (Å²) in [7, 11) is 3.24. The number of ether oxygens (including phenoxy) is 3. The highest BCUT2D eigenvalue weighted by Gasteiger charge is 2.19. The molecule has 5 heteroatoms. The molecule has 21 heavy (non-hydrogen) atoms. The lowest BCUT2D eigenvalue weighted by Crippen LogP contribution is -2.36. The zero-order valence-corrected chi connectivity index (χ0v) is 12.7. The van der Waals surface area contributed by atoms with Gasteiger partial charge in [0, 0.05) is 12.5 Å². The molecule has 0 aliphatic carbocycles. The molecule has 1 aliphatic rings. The Labute approximate surface area is 126 Å². The van der Waals surface area contributed by atoms with E-state index in [0.29, 0.717) is 23.9 Å². The van der Waals surface area contributed by atoms with Crippen LogP contribution in [0.5, 0.6) is 17.2 Å². The van der Waals surface area contributed by atoms with Crippen LogP contribution in [0.1, 0.15) is 12.8 Å². The monoisotopic (exact) mass is 290 g/mol. The molecule has 0 amide bonds. The molecule has 1 heterocycles. The fraction of sp³-hybridized carbons (Fsp3) is 0.562. The molecule has 1 aromatic rings. The van der Waals surface area contributed by atoms with Gasteiger partial charge in [0.15, 0.2) is 11.5 Å². The van der Waals surface area contributed by atoms with Crippen LogP contribution in [-0.2, 0) is 0 Å². The quantitative estimate of drug-likeness (QED) is 0.804. The number of para-hydroxylation sites is 1. The highest BCUT2D eigenvalue weighted by Crippen LogP contribution is 2.36. The zero-order chi connectivity index (χ0) is 15.1. The van der Waals surface area contributed by atoms with Crippen LogP contribution < -0.4 is 14.2 Å². The number of methoxy groups -OCH3 is 2. The summed E-state index contributed by atoms with van der Waals surface area (Å²) in [6.45, 7) is 3.35. The van der Waals surface area contributed by atoms with E-state index in [1.54, 1.807) is 14.2 Å².